The molecule has 28 heavy (non-hydrogen) atoms. The molecule has 1 saturated heterocycles. The molecule has 0 aliphatic carbocycles. The number of hydrogen-bond donors (Lipinski definition) is 1. The summed E-state index contributed by atoms with van der Waals surface area (Å²) in [4.78, 5) is 20.2. The first kappa shape index (κ1) is 16.9. The van der Waals surface area contributed by atoms with Crippen LogP contribution in [-0.4, -0.2) is 39.1 Å². The molecule has 142 valence electrons. The fourth-order valence-corrected chi connectivity index (χ4v) is 3.93. The molecule has 1 N–H and O–H groups in total. The Morgan fingerprint density at radius 3 is 2.71 bits per heavy atom. The molecule has 3 aromatic heterocycles. The second-order valence-electron chi connectivity index (χ2n) is 7.32. The monoisotopic (exact) mass is 374 g/mol. The van der Waals surface area contributed by atoms with Crippen molar-refractivity contribution in [1.29, 1.82) is 0 Å². The summed E-state index contributed by atoms with van der Waals surface area (Å²) in [5, 5.41) is 4.60. The zero-order valence-corrected chi connectivity index (χ0v) is 16.0. The van der Waals surface area contributed by atoms with E-state index in [4.69, 9.17) is 4.42 Å². The summed E-state index contributed by atoms with van der Waals surface area (Å²) < 4.78 is 6.03. The van der Waals surface area contributed by atoms with Gasteiger partial charge in [0.15, 0.2) is 11.4 Å². The van der Waals surface area contributed by atoms with E-state index < -0.39 is 0 Å². The van der Waals surface area contributed by atoms with E-state index in [1.54, 1.807) is 6.33 Å². The van der Waals surface area contributed by atoms with E-state index in [2.05, 4.69) is 36.2 Å². The van der Waals surface area contributed by atoms with Crippen molar-refractivity contribution in [2.45, 2.75) is 32.7 Å². The highest BCUT2D eigenvalue weighted by molar-refractivity contribution is 6.05. The number of aryl methyl sites for hydroxylation is 2. The molecule has 4 heterocycles. The van der Waals surface area contributed by atoms with Crippen LogP contribution in [0.3, 0.4) is 0 Å². The molecule has 0 atom stereocenters. The van der Waals surface area contributed by atoms with E-state index in [1.165, 1.54) is 0 Å². The molecule has 7 heteroatoms. The van der Waals surface area contributed by atoms with Crippen LogP contribution in [0, 0.1) is 13.8 Å². The number of anilines is 2. The maximum absolute atomic E-state index is 6.03. The Morgan fingerprint density at radius 2 is 1.89 bits per heavy atom. The number of nitrogens with zero attached hydrogens (tertiary/aromatic N) is 5. The smallest absolute Gasteiger partial charge is 0.196 e. The fourth-order valence-electron chi connectivity index (χ4n) is 3.93. The van der Waals surface area contributed by atoms with Crippen molar-refractivity contribution in [3.05, 3.63) is 48.2 Å². The molecule has 5 rings (SSSR count). The van der Waals surface area contributed by atoms with Crippen LogP contribution in [0.25, 0.3) is 22.1 Å². The average molecular weight is 374 g/mol. The molecular formula is C21H22N6O. The normalized spacial score (nSPS) is 15.4. The van der Waals surface area contributed by atoms with Gasteiger partial charge in [-0.25, -0.2) is 19.9 Å². The van der Waals surface area contributed by atoms with Crippen LogP contribution in [-0.2, 0) is 0 Å². The number of piperidine rings is 1. The van der Waals surface area contributed by atoms with Crippen LogP contribution in [0.15, 0.2) is 41.1 Å². The predicted octanol–water partition coefficient (Wildman–Crippen LogP) is 3.86. The summed E-state index contributed by atoms with van der Waals surface area (Å²) in [5.41, 5.74) is 3.44. The number of nitrogens with one attached hydrogen (secondary N) is 1. The van der Waals surface area contributed by atoms with Gasteiger partial charge in [-0.2, -0.15) is 0 Å². The molecule has 0 amide bonds. The zero-order valence-electron chi connectivity index (χ0n) is 16.0. The predicted molar refractivity (Wildman–Crippen MR) is 110 cm³/mol. The highest BCUT2D eigenvalue weighted by Crippen LogP contribution is 2.31. The van der Waals surface area contributed by atoms with Crippen molar-refractivity contribution in [2.75, 3.05) is 23.3 Å². The van der Waals surface area contributed by atoms with Crippen LogP contribution < -0.4 is 10.2 Å². The SMILES string of the molecule is Cc1cc(N2CCC(Nc3ncnc4c3oc3ccccc34)CC2)nc(C)n1. The van der Waals surface area contributed by atoms with E-state index in [0.717, 1.165) is 71.2 Å². The topological polar surface area (TPSA) is 80.0 Å². The molecule has 1 aliphatic rings. The molecule has 4 aromatic rings. The van der Waals surface area contributed by atoms with Gasteiger partial charge in [0.25, 0.3) is 0 Å². The third-order valence-corrected chi connectivity index (χ3v) is 5.27. The van der Waals surface area contributed by atoms with Crippen LogP contribution in [0.2, 0.25) is 0 Å². The van der Waals surface area contributed by atoms with Gasteiger partial charge in [0.05, 0.1) is 0 Å². The van der Waals surface area contributed by atoms with Gasteiger partial charge in [-0.15, -0.1) is 0 Å². The summed E-state index contributed by atoms with van der Waals surface area (Å²) in [6, 6.07) is 10.4. The lowest BCUT2D eigenvalue weighted by atomic mass is 10.0. The minimum absolute atomic E-state index is 0.339. The zero-order chi connectivity index (χ0) is 19.1. The standard InChI is InChI=1S/C21H22N6O/c1-13-11-18(25-14(2)24-13)27-9-7-15(8-10-27)26-21-20-19(22-12-23-21)16-5-3-4-6-17(16)28-20/h3-6,11-12,15H,7-10H2,1-2H3,(H,22,23,26). The summed E-state index contributed by atoms with van der Waals surface area (Å²) in [6.07, 6.45) is 3.62. The molecule has 0 spiro atoms. The second-order valence-corrected chi connectivity index (χ2v) is 7.32. The number of benzene rings is 1. The third-order valence-electron chi connectivity index (χ3n) is 5.27. The molecule has 1 fully saturated rings. The van der Waals surface area contributed by atoms with Gasteiger partial charge in [0.1, 0.15) is 29.1 Å². The first-order valence-electron chi connectivity index (χ1n) is 9.63. The summed E-state index contributed by atoms with van der Waals surface area (Å²) in [6.45, 7) is 5.85. The first-order valence-corrected chi connectivity index (χ1v) is 9.63. The Bertz CT molecular complexity index is 1130. The van der Waals surface area contributed by atoms with E-state index >= 15 is 0 Å². The number of fused-ring (bicyclic) bond motifs is 3. The van der Waals surface area contributed by atoms with Crippen LogP contribution >= 0.6 is 0 Å². The van der Waals surface area contributed by atoms with E-state index in [0.29, 0.717) is 6.04 Å². The lowest BCUT2D eigenvalue weighted by molar-refractivity contribution is 0.521. The van der Waals surface area contributed by atoms with Gasteiger partial charge in [-0.1, -0.05) is 12.1 Å². The first-order chi connectivity index (χ1) is 13.7. The summed E-state index contributed by atoms with van der Waals surface area (Å²) >= 11 is 0. The molecule has 0 bridgehead atoms. The molecule has 0 unspecified atom stereocenters. The Labute approximate surface area is 162 Å². The lowest BCUT2D eigenvalue weighted by Gasteiger charge is -2.33. The number of rotatable bonds is 3. The van der Waals surface area contributed by atoms with Crippen LogP contribution in [0.4, 0.5) is 11.6 Å². The largest absolute Gasteiger partial charge is 0.450 e. The maximum atomic E-state index is 6.03. The van der Waals surface area contributed by atoms with Crippen molar-refractivity contribution >= 4 is 33.7 Å². The van der Waals surface area contributed by atoms with Crippen LogP contribution in [0.5, 0.6) is 0 Å². The minimum atomic E-state index is 0.339. The van der Waals surface area contributed by atoms with E-state index in [-0.39, 0.29) is 0 Å². The van der Waals surface area contributed by atoms with Crippen LogP contribution in [0.1, 0.15) is 24.4 Å². The minimum Gasteiger partial charge on any atom is -0.450 e. The van der Waals surface area contributed by atoms with Gasteiger partial charge in [-0.05, 0) is 38.8 Å². The van der Waals surface area contributed by atoms with Crippen molar-refractivity contribution in [3.8, 4) is 0 Å². The molecule has 1 aliphatic heterocycles. The third kappa shape index (κ3) is 3.02. The summed E-state index contributed by atoms with van der Waals surface area (Å²) in [5.74, 6) is 2.61. The van der Waals surface area contributed by atoms with E-state index in [9.17, 15) is 0 Å². The van der Waals surface area contributed by atoms with Gasteiger partial charge in [-0.3, -0.25) is 0 Å². The Morgan fingerprint density at radius 1 is 1.07 bits per heavy atom. The van der Waals surface area contributed by atoms with E-state index in [1.807, 2.05) is 38.1 Å². The van der Waals surface area contributed by atoms with Crippen molar-refractivity contribution in [1.82, 2.24) is 19.9 Å². The quantitative estimate of drug-likeness (QED) is 0.583. The molecule has 0 saturated carbocycles. The lowest BCUT2D eigenvalue weighted by Crippen LogP contribution is -2.39. The van der Waals surface area contributed by atoms with Crippen molar-refractivity contribution in [2.24, 2.45) is 0 Å². The molecule has 1 aromatic carbocycles. The number of aromatic nitrogens is 4. The number of furan rings is 1. The van der Waals surface area contributed by atoms with Gasteiger partial charge in [0.2, 0.25) is 0 Å². The van der Waals surface area contributed by atoms with Crippen molar-refractivity contribution in [3.63, 3.8) is 0 Å². The maximum Gasteiger partial charge on any atom is 0.196 e. The molecular weight excluding hydrogens is 352 g/mol. The van der Waals surface area contributed by atoms with Gasteiger partial charge < -0.3 is 14.6 Å². The molecule has 7 nitrogen and oxygen atoms in total. The average Bonchev–Trinajstić information content (AvgIpc) is 3.08. The Kier molecular flexibility index (Phi) is 4.07. The number of hydrogen-bond acceptors (Lipinski definition) is 7. The molecule has 0 radical (unpaired) electrons. The summed E-state index contributed by atoms with van der Waals surface area (Å²) in [7, 11) is 0. The fraction of sp³-hybridized carbons (Fsp3) is 0.333. The van der Waals surface area contributed by atoms with Crippen molar-refractivity contribution < 1.29 is 4.42 Å². The highest BCUT2D eigenvalue weighted by Gasteiger charge is 2.22. The van der Waals surface area contributed by atoms with Gasteiger partial charge in [0, 0.05) is 36.3 Å². The number of para-hydroxylation sites is 1. The Balaban J connectivity index is 1.34. The Hall–Kier alpha value is -3.22. The van der Waals surface area contributed by atoms with Gasteiger partial charge >= 0.3 is 0 Å². The highest BCUT2D eigenvalue weighted by atomic mass is 16.3. The second kappa shape index (κ2) is 6.74.